The molecule has 1 amide bonds. The molecule has 1 fully saturated rings. The fourth-order valence-corrected chi connectivity index (χ4v) is 3.46. The van der Waals surface area contributed by atoms with Gasteiger partial charge < -0.3 is 15.1 Å². The summed E-state index contributed by atoms with van der Waals surface area (Å²) < 4.78 is 22.5. The highest BCUT2D eigenvalue weighted by molar-refractivity contribution is 7.89. The Balaban J connectivity index is 1.95. The van der Waals surface area contributed by atoms with Crippen LogP contribution in [0.4, 0.5) is 0 Å². The van der Waals surface area contributed by atoms with Crippen molar-refractivity contribution in [2.45, 2.75) is 30.3 Å². The molecule has 8 nitrogen and oxygen atoms in total. The molecule has 0 unspecified atom stereocenters. The quantitative estimate of drug-likeness (QED) is 0.534. The number of amides is 1. The lowest BCUT2D eigenvalue weighted by molar-refractivity contribution is -0.128. The molecule has 1 aromatic rings. The lowest BCUT2D eigenvalue weighted by atomic mass is 10.0. The van der Waals surface area contributed by atoms with Gasteiger partial charge in [0, 0.05) is 25.8 Å². The van der Waals surface area contributed by atoms with E-state index in [-0.39, 0.29) is 22.4 Å². The average Bonchev–Trinajstić information content (AvgIpc) is 2.64. The first-order valence-corrected chi connectivity index (χ1v) is 10.2. The van der Waals surface area contributed by atoms with Gasteiger partial charge >= 0.3 is 0 Å². The molecule has 9 heteroatoms. The molecule has 27 heavy (non-hydrogen) atoms. The molecule has 1 heterocycles. The first-order valence-electron chi connectivity index (χ1n) is 8.63. The van der Waals surface area contributed by atoms with E-state index in [1.807, 2.05) is 6.07 Å². The van der Waals surface area contributed by atoms with Crippen LogP contribution in [0.25, 0.3) is 0 Å². The second-order valence-corrected chi connectivity index (χ2v) is 8.25. The molecule has 3 N–H and O–H groups in total. The number of hydrogen-bond acceptors (Lipinski definition) is 6. The predicted molar refractivity (Wildman–Crippen MR) is 102 cm³/mol. The van der Waals surface area contributed by atoms with Gasteiger partial charge in [-0.3, -0.25) is 4.79 Å². The van der Waals surface area contributed by atoms with Crippen LogP contribution in [0.15, 0.2) is 40.9 Å². The second-order valence-electron chi connectivity index (χ2n) is 6.69. The maximum absolute atomic E-state index is 12.6. The number of carbonyl (C=O) groups is 1. The van der Waals surface area contributed by atoms with Crippen LogP contribution in [-0.4, -0.2) is 57.4 Å². The summed E-state index contributed by atoms with van der Waals surface area (Å²) >= 11 is 0. The van der Waals surface area contributed by atoms with Crippen LogP contribution in [0.5, 0.6) is 0 Å². The minimum atomic E-state index is -3.72. The highest BCUT2D eigenvalue weighted by atomic mass is 32.2. The summed E-state index contributed by atoms with van der Waals surface area (Å²) in [4.78, 5) is 16.5. The monoisotopic (exact) mass is 391 g/mol. The molecule has 2 rings (SSSR count). The highest BCUT2D eigenvalue weighted by Gasteiger charge is 2.25. The van der Waals surface area contributed by atoms with Crippen molar-refractivity contribution < 1.29 is 13.2 Å². The summed E-state index contributed by atoms with van der Waals surface area (Å²) in [6.45, 7) is 2.21. The van der Waals surface area contributed by atoms with E-state index < -0.39 is 10.0 Å². The number of nitriles is 1. The number of rotatable bonds is 6. The number of likely N-dealkylation sites (N-methyl/N-ethyl adjacent to an activating group) is 1. The molecule has 1 aliphatic rings. The molecule has 0 aliphatic carbocycles. The number of hydrogen-bond donors (Lipinski definition) is 2. The Morgan fingerprint density at radius 2 is 1.96 bits per heavy atom. The zero-order valence-electron chi connectivity index (χ0n) is 15.6. The van der Waals surface area contributed by atoms with Crippen molar-refractivity contribution in [1.29, 1.82) is 5.26 Å². The highest BCUT2D eigenvalue weighted by Crippen LogP contribution is 2.16. The second kappa shape index (κ2) is 8.99. The van der Waals surface area contributed by atoms with Crippen LogP contribution >= 0.6 is 0 Å². The number of carbonyl (C=O) groups excluding carboxylic acids is 1. The van der Waals surface area contributed by atoms with Gasteiger partial charge in [0.25, 0.3) is 5.91 Å². The lowest BCUT2D eigenvalue weighted by Crippen LogP contribution is -2.45. The van der Waals surface area contributed by atoms with Crippen molar-refractivity contribution in [3.8, 4) is 6.07 Å². The normalized spacial score (nSPS) is 16.6. The fourth-order valence-electron chi connectivity index (χ4n) is 2.95. The molecule has 146 valence electrons. The number of piperidine rings is 1. The average molecular weight is 391 g/mol. The Labute approximate surface area is 160 Å². The Morgan fingerprint density at radius 3 is 2.48 bits per heavy atom. The predicted octanol–water partition coefficient (Wildman–Crippen LogP) is 0.384. The molecule has 0 atom stereocenters. The smallest absolute Gasteiger partial charge is 0.265 e. The van der Waals surface area contributed by atoms with Gasteiger partial charge in [-0.1, -0.05) is 12.1 Å². The molecule has 0 radical (unpaired) electrons. The number of nitrogens with two attached hydrogens (primary N) is 1. The Hall–Kier alpha value is -2.41. The number of sulfonamides is 1. The number of nitrogens with one attached hydrogen (secondary N) is 1. The van der Waals surface area contributed by atoms with Crippen molar-refractivity contribution in [3.63, 3.8) is 0 Å². The van der Waals surface area contributed by atoms with Crippen molar-refractivity contribution in [1.82, 2.24) is 15.1 Å². The minimum Gasteiger partial charge on any atom is -0.386 e. The van der Waals surface area contributed by atoms with Crippen LogP contribution in [0, 0.1) is 11.3 Å². The molecule has 1 aromatic carbocycles. The zero-order valence-corrected chi connectivity index (χ0v) is 16.4. The van der Waals surface area contributed by atoms with Crippen molar-refractivity contribution in [3.05, 3.63) is 41.6 Å². The number of likely N-dealkylation sites (tertiary alicyclic amines) is 1. The summed E-state index contributed by atoms with van der Waals surface area (Å²) in [7, 11) is 0.0642. The van der Waals surface area contributed by atoms with E-state index in [0.29, 0.717) is 6.54 Å². The van der Waals surface area contributed by atoms with Gasteiger partial charge in [-0.2, -0.15) is 5.26 Å². The molecule has 1 aliphatic heterocycles. The third kappa shape index (κ3) is 5.79. The number of nitrogens with zero attached hydrogens (tertiary/aromatic N) is 3. The summed E-state index contributed by atoms with van der Waals surface area (Å²) in [5.74, 6) is -0.302. The van der Waals surface area contributed by atoms with Crippen molar-refractivity contribution in [2.75, 3.05) is 27.2 Å². The zero-order chi connectivity index (χ0) is 20.0. The van der Waals surface area contributed by atoms with Crippen LogP contribution in [0.2, 0.25) is 0 Å². The third-order valence-corrected chi connectivity index (χ3v) is 5.64. The van der Waals surface area contributed by atoms with E-state index in [2.05, 4.69) is 17.3 Å². The summed E-state index contributed by atoms with van der Waals surface area (Å²) in [6.07, 6.45) is 3.18. The summed E-state index contributed by atoms with van der Waals surface area (Å²) in [5, 5.41) is 17.3. The van der Waals surface area contributed by atoms with Crippen LogP contribution in [0.1, 0.15) is 18.4 Å². The molecule has 1 saturated heterocycles. The molecule has 0 saturated carbocycles. The van der Waals surface area contributed by atoms with Crippen LogP contribution < -0.4 is 10.5 Å². The van der Waals surface area contributed by atoms with E-state index >= 15 is 0 Å². The SMILES string of the molecule is CN1CCC(N(C)C(=O)/C(C#N)=C\NCc2ccc(S(N)(=O)=O)cc2)CC1. The summed E-state index contributed by atoms with van der Waals surface area (Å²) in [5.41, 5.74) is 0.838. The first kappa shape index (κ1) is 20.9. The van der Waals surface area contributed by atoms with Gasteiger partial charge in [0.2, 0.25) is 10.0 Å². The van der Waals surface area contributed by atoms with Gasteiger partial charge in [0.05, 0.1) is 4.90 Å². The molecule has 0 spiro atoms. The number of benzene rings is 1. The molecular formula is C18H25N5O3S. The summed E-state index contributed by atoms with van der Waals surface area (Å²) in [6, 6.07) is 8.16. The largest absolute Gasteiger partial charge is 0.386 e. The van der Waals surface area contributed by atoms with E-state index in [1.54, 1.807) is 24.1 Å². The fraction of sp³-hybridized carbons (Fsp3) is 0.444. The first-order chi connectivity index (χ1) is 12.7. The van der Waals surface area contributed by atoms with Gasteiger partial charge in [0.1, 0.15) is 11.6 Å². The van der Waals surface area contributed by atoms with Gasteiger partial charge in [-0.15, -0.1) is 0 Å². The standard InChI is InChI=1S/C18H25N5O3S/c1-22-9-7-16(8-10-22)23(2)18(24)15(11-19)13-21-12-14-3-5-17(6-4-14)27(20,25)26/h3-6,13,16,21H,7-10,12H2,1-2H3,(H2,20,25,26)/b15-13-. The molecule has 0 aromatic heterocycles. The van der Waals surface area contributed by atoms with E-state index in [0.717, 1.165) is 31.5 Å². The van der Waals surface area contributed by atoms with Crippen molar-refractivity contribution in [2.24, 2.45) is 5.14 Å². The molecular weight excluding hydrogens is 366 g/mol. The minimum absolute atomic E-state index is 0.0365. The van der Waals surface area contributed by atoms with Crippen LogP contribution in [0.3, 0.4) is 0 Å². The van der Waals surface area contributed by atoms with Gasteiger partial charge in [-0.25, -0.2) is 13.6 Å². The van der Waals surface area contributed by atoms with E-state index in [9.17, 15) is 18.5 Å². The van der Waals surface area contributed by atoms with Gasteiger partial charge in [0.15, 0.2) is 0 Å². The maximum atomic E-state index is 12.6. The Bertz CT molecular complexity index is 835. The Kier molecular flexibility index (Phi) is 6.96. The molecule has 0 bridgehead atoms. The van der Waals surface area contributed by atoms with E-state index in [1.165, 1.54) is 18.3 Å². The maximum Gasteiger partial charge on any atom is 0.265 e. The van der Waals surface area contributed by atoms with Gasteiger partial charge in [-0.05, 0) is 50.7 Å². The van der Waals surface area contributed by atoms with Crippen LogP contribution in [-0.2, 0) is 21.4 Å². The number of primary sulfonamides is 1. The van der Waals surface area contributed by atoms with Crippen molar-refractivity contribution >= 4 is 15.9 Å². The topological polar surface area (TPSA) is 120 Å². The third-order valence-electron chi connectivity index (χ3n) is 4.71. The lowest BCUT2D eigenvalue weighted by Gasteiger charge is -2.34. The van der Waals surface area contributed by atoms with E-state index in [4.69, 9.17) is 5.14 Å². The Morgan fingerprint density at radius 1 is 1.37 bits per heavy atom.